The van der Waals surface area contributed by atoms with E-state index in [9.17, 15) is 0 Å². The van der Waals surface area contributed by atoms with Gasteiger partial charge < -0.3 is 18.9 Å². The molecule has 2 aromatic heterocycles. The normalized spacial score (nSPS) is 13.3. The average molecular weight is 670 g/mol. The Balaban J connectivity index is 1.14. The maximum atomic E-state index is 5.10. The lowest BCUT2D eigenvalue weighted by Crippen LogP contribution is -2.24. The summed E-state index contributed by atoms with van der Waals surface area (Å²) in [6, 6.07) is 55.6. The average Bonchev–Trinajstić information content (AvgIpc) is 3.93. The van der Waals surface area contributed by atoms with Crippen LogP contribution in [0.25, 0.3) is 72.2 Å². The molecule has 1 aliphatic heterocycles. The van der Waals surface area contributed by atoms with E-state index >= 15 is 0 Å². The topological polar surface area (TPSA) is 29.2 Å². The van der Waals surface area contributed by atoms with Crippen molar-refractivity contribution in [2.75, 3.05) is 23.5 Å². The standard InChI is InChI=1S/C47H35N5/c1-49-29-51(43-19-8-7-18-42(43)49)34-12-9-13-35(28-34)52-44-20-10-15-38(31-21-23-37-33(26-31)25-30-11-3-4-14-36(30)37)46(44)39-24-22-32(27-45(39)52)47-48-40-16-5-6-17-41(40)50(47)2/h3-24,26-28H,25,29H2,1-2H3. The Hall–Kier alpha value is -6.59. The van der Waals surface area contributed by atoms with Crippen LogP contribution in [-0.2, 0) is 13.5 Å². The van der Waals surface area contributed by atoms with Crippen LogP contribution >= 0.6 is 0 Å². The first-order valence-electron chi connectivity index (χ1n) is 18.0. The molecule has 3 heterocycles. The van der Waals surface area contributed by atoms with Crippen molar-refractivity contribution < 1.29 is 0 Å². The summed E-state index contributed by atoms with van der Waals surface area (Å²) in [5.41, 5.74) is 18.4. The molecule has 0 N–H and O–H groups in total. The lowest BCUT2D eigenvalue weighted by molar-refractivity contribution is 0.948. The van der Waals surface area contributed by atoms with Gasteiger partial charge in [-0.15, -0.1) is 0 Å². The van der Waals surface area contributed by atoms with Crippen LogP contribution in [0.4, 0.5) is 17.1 Å². The molecule has 0 unspecified atom stereocenters. The molecule has 11 rings (SSSR count). The van der Waals surface area contributed by atoms with Gasteiger partial charge in [-0.25, -0.2) is 4.98 Å². The molecule has 5 heteroatoms. The highest BCUT2D eigenvalue weighted by Crippen LogP contribution is 2.45. The zero-order valence-electron chi connectivity index (χ0n) is 29.1. The second kappa shape index (κ2) is 11.0. The summed E-state index contributed by atoms with van der Waals surface area (Å²) < 4.78 is 4.66. The first-order valence-corrected chi connectivity index (χ1v) is 18.0. The van der Waals surface area contributed by atoms with Crippen LogP contribution in [0.15, 0.2) is 152 Å². The Morgan fingerprint density at radius 1 is 0.519 bits per heavy atom. The monoisotopic (exact) mass is 669 g/mol. The highest BCUT2D eigenvalue weighted by atomic mass is 15.4. The van der Waals surface area contributed by atoms with Gasteiger partial charge in [0, 0.05) is 41.8 Å². The Kier molecular flexibility index (Phi) is 6.14. The van der Waals surface area contributed by atoms with E-state index in [1.165, 1.54) is 66.7 Å². The van der Waals surface area contributed by atoms with Crippen molar-refractivity contribution in [3.63, 3.8) is 0 Å². The predicted octanol–water partition coefficient (Wildman–Crippen LogP) is 11.1. The van der Waals surface area contributed by atoms with Gasteiger partial charge in [0.15, 0.2) is 0 Å². The third-order valence-electron chi connectivity index (χ3n) is 11.3. The second-order valence-corrected chi connectivity index (χ2v) is 14.2. The summed E-state index contributed by atoms with van der Waals surface area (Å²) in [5.74, 6) is 0.962. The molecular formula is C47H35N5. The summed E-state index contributed by atoms with van der Waals surface area (Å²) in [6.07, 6.45) is 0.972. The smallest absolute Gasteiger partial charge is 0.140 e. The van der Waals surface area contributed by atoms with E-state index in [0.717, 1.165) is 46.7 Å². The number of fused-ring (bicyclic) bond motifs is 8. The van der Waals surface area contributed by atoms with Gasteiger partial charge in [0.25, 0.3) is 0 Å². The lowest BCUT2D eigenvalue weighted by Gasteiger charge is -2.21. The van der Waals surface area contributed by atoms with Gasteiger partial charge in [-0.3, -0.25) is 0 Å². The van der Waals surface area contributed by atoms with Gasteiger partial charge in [0.2, 0.25) is 0 Å². The zero-order valence-corrected chi connectivity index (χ0v) is 29.1. The van der Waals surface area contributed by atoms with E-state index in [1.807, 2.05) is 0 Å². The van der Waals surface area contributed by atoms with Gasteiger partial charge in [-0.2, -0.15) is 0 Å². The molecule has 0 bridgehead atoms. The highest BCUT2D eigenvalue weighted by Gasteiger charge is 2.25. The second-order valence-electron chi connectivity index (χ2n) is 14.2. The number of aromatic nitrogens is 3. The molecule has 0 amide bonds. The van der Waals surface area contributed by atoms with Crippen LogP contribution < -0.4 is 9.80 Å². The third-order valence-corrected chi connectivity index (χ3v) is 11.3. The fourth-order valence-electron chi connectivity index (χ4n) is 8.84. The molecule has 248 valence electrons. The number of imidazole rings is 1. The van der Waals surface area contributed by atoms with Gasteiger partial charge >= 0.3 is 0 Å². The van der Waals surface area contributed by atoms with E-state index in [0.29, 0.717) is 0 Å². The molecule has 0 spiro atoms. The summed E-state index contributed by atoms with van der Waals surface area (Å²) >= 11 is 0. The molecule has 0 saturated carbocycles. The van der Waals surface area contributed by atoms with Gasteiger partial charge in [0.05, 0.1) is 40.1 Å². The first kappa shape index (κ1) is 29.2. The molecule has 52 heavy (non-hydrogen) atoms. The number of anilines is 3. The molecule has 5 nitrogen and oxygen atoms in total. The van der Waals surface area contributed by atoms with Gasteiger partial charge in [0.1, 0.15) is 5.82 Å². The molecule has 7 aromatic carbocycles. The maximum Gasteiger partial charge on any atom is 0.140 e. The number of rotatable bonds is 4. The van der Waals surface area contributed by atoms with Crippen molar-refractivity contribution >= 4 is 49.9 Å². The van der Waals surface area contributed by atoms with Crippen molar-refractivity contribution in [2.24, 2.45) is 7.05 Å². The minimum absolute atomic E-state index is 0.805. The van der Waals surface area contributed by atoms with E-state index in [1.54, 1.807) is 0 Å². The van der Waals surface area contributed by atoms with Crippen molar-refractivity contribution in [3.05, 3.63) is 163 Å². The molecule has 9 aromatic rings. The minimum atomic E-state index is 0.805. The van der Waals surface area contributed by atoms with Gasteiger partial charge in [-0.1, -0.05) is 97.1 Å². The predicted molar refractivity (Wildman–Crippen MR) is 216 cm³/mol. The Morgan fingerprint density at radius 2 is 1.25 bits per heavy atom. The molecule has 0 radical (unpaired) electrons. The zero-order chi connectivity index (χ0) is 34.5. The van der Waals surface area contributed by atoms with Crippen molar-refractivity contribution in [1.29, 1.82) is 0 Å². The summed E-state index contributed by atoms with van der Waals surface area (Å²) in [6.45, 7) is 0.805. The fourth-order valence-corrected chi connectivity index (χ4v) is 8.84. The van der Waals surface area contributed by atoms with Crippen LogP contribution in [0, 0.1) is 0 Å². The van der Waals surface area contributed by atoms with E-state index in [-0.39, 0.29) is 0 Å². The number of benzene rings is 7. The summed E-state index contributed by atoms with van der Waals surface area (Å²) in [7, 11) is 4.28. The van der Waals surface area contributed by atoms with E-state index in [2.05, 4.69) is 185 Å². The Labute approximate surface area is 302 Å². The number of nitrogens with zero attached hydrogens (tertiary/aromatic N) is 5. The molecule has 2 aliphatic rings. The Bertz CT molecular complexity index is 2910. The van der Waals surface area contributed by atoms with Crippen LogP contribution in [0.1, 0.15) is 11.1 Å². The fraction of sp³-hybridized carbons (Fsp3) is 0.0851. The maximum absolute atomic E-state index is 5.10. The lowest BCUT2D eigenvalue weighted by atomic mass is 9.95. The van der Waals surface area contributed by atoms with Crippen molar-refractivity contribution in [3.8, 4) is 39.3 Å². The van der Waals surface area contributed by atoms with E-state index < -0.39 is 0 Å². The molecule has 0 atom stereocenters. The number of para-hydroxylation sites is 4. The first-order chi connectivity index (χ1) is 25.6. The molecule has 1 aliphatic carbocycles. The van der Waals surface area contributed by atoms with Crippen LogP contribution in [0.2, 0.25) is 0 Å². The van der Waals surface area contributed by atoms with Crippen molar-refractivity contribution in [2.45, 2.75) is 6.42 Å². The van der Waals surface area contributed by atoms with Crippen LogP contribution in [0.5, 0.6) is 0 Å². The number of hydrogen-bond donors (Lipinski definition) is 0. The summed E-state index contributed by atoms with van der Waals surface area (Å²) in [5, 5.41) is 2.50. The highest BCUT2D eigenvalue weighted by molar-refractivity contribution is 6.16. The minimum Gasteiger partial charge on any atom is -0.355 e. The SMILES string of the molecule is CN1CN(c2cccc(-n3c4cc(-c5nc6ccccc6n5C)ccc4c4c(-c5ccc6c(c5)Cc5ccccc5-6)cccc43)c2)c2ccccc21. The third kappa shape index (κ3) is 4.20. The Morgan fingerprint density at radius 3 is 2.17 bits per heavy atom. The summed E-state index contributed by atoms with van der Waals surface area (Å²) in [4.78, 5) is 9.82. The van der Waals surface area contributed by atoms with E-state index in [4.69, 9.17) is 4.98 Å². The van der Waals surface area contributed by atoms with Crippen molar-refractivity contribution in [1.82, 2.24) is 14.1 Å². The van der Waals surface area contributed by atoms with Crippen LogP contribution in [-0.4, -0.2) is 27.8 Å². The largest absolute Gasteiger partial charge is 0.355 e. The quantitative estimate of drug-likeness (QED) is 0.187. The molecular weight excluding hydrogens is 635 g/mol. The molecule has 0 saturated heterocycles. The number of aryl methyl sites for hydroxylation is 1. The molecule has 0 fully saturated rings. The van der Waals surface area contributed by atoms with Crippen LogP contribution in [0.3, 0.4) is 0 Å². The number of hydrogen-bond acceptors (Lipinski definition) is 3. The van der Waals surface area contributed by atoms with Gasteiger partial charge in [-0.05, 0) is 94.4 Å².